The lowest BCUT2D eigenvalue weighted by atomic mass is 9.82. The Morgan fingerprint density at radius 2 is 2.17 bits per heavy atom. The van der Waals surface area contributed by atoms with E-state index in [4.69, 9.17) is 4.74 Å². The number of nitrogens with zero attached hydrogens (tertiary/aromatic N) is 2. The molecule has 1 aromatic rings. The van der Waals surface area contributed by atoms with Crippen LogP contribution in [0.3, 0.4) is 0 Å². The molecule has 0 aliphatic carbocycles. The van der Waals surface area contributed by atoms with Crippen molar-refractivity contribution >= 4 is 35.6 Å². The van der Waals surface area contributed by atoms with Crippen LogP contribution in [0.15, 0.2) is 11.4 Å². The molecular formula is C21H30ClN3O3S. The largest absolute Gasteiger partial charge is 0.370 e. The van der Waals surface area contributed by atoms with Gasteiger partial charge in [-0.25, -0.2) is 0 Å². The summed E-state index contributed by atoms with van der Waals surface area (Å²) in [4.78, 5) is 31.3. The lowest BCUT2D eigenvalue weighted by Crippen LogP contribution is -2.55. The summed E-state index contributed by atoms with van der Waals surface area (Å²) in [5.74, 6) is 0.332. The van der Waals surface area contributed by atoms with Crippen molar-refractivity contribution in [3.05, 3.63) is 21.9 Å². The number of nitrogens with one attached hydrogen (secondary N) is 1. The fourth-order valence-corrected chi connectivity index (χ4v) is 6.83. The highest BCUT2D eigenvalue weighted by atomic mass is 35.5. The summed E-state index contributed by atoms with van der Waals surface area (Å²) < 4.78 is 6.29. The van der Waals surface area contributed by atoms with Gasteiger partial charge in [0.25, 0.3) is 0 Å². The first kappa shape index (κ1) is 21.1. The molecule has 0 bridgehead atoms. The molecule has 3 atom stereocenters. The van der Waals surface area contributed by atoms with Crippen LogP contribution in [0.25, 0.3) is 0 Å². The van der Waals surface area contributed by atoms with Crippen molar-refractivity contribution in [2.24, 2.45) is 5.92 Å². The van der Waals surface area contributed by atoms with Crippen molar-refractivity contribution in [2.75, 3.05) is 32.8 Å². The minimum atomic E-state index is -0.193. The first-order chi connectivity index (χ1) is 13.6. The smallest absolute Gasteiger partial charge is 0.237 e. The quantitative estimate of drug-likeness (QED) is 0.767. The number of likely N-dealkylation sites (tertiary alicyclic amines) is 1. The normalized spacial score (nSPS) is 30.7. The van der Waals surface area contributed by atoms with Crippen LogP contribution in [-0.2, 0) is 26.3 Å². The maximum absolute atomic E-state index is 13.4. The van der Waals surface area contributed by atoms with E-state index in [9.17, 15) is 9.59 Å². The fourth-order valence-electron chi connectivity index (χ4n) is 5.88. The third-order valence-electron chi connectivity index (χ3n) is 7.25. The van der Waals surface area contributed by atoms with Gasteiger partial charge in [-0.3, -0.25) is 9.59 Å². The maximum atomic E-state index is 13.4. The molecule has 0 radical (unpaired) electrons. The lowest BCUT2D eigenvalue weighted by Gasteiger charge is -2.44. The Labute approximate surface area is 182 Å². The lowest BCUT2D eigenvalue weighted by molar-refractivity contribution is -0.146. The molecule has 0 aromatic carbocycles. The van der Waals surface area contributed by atoms with Crippen molar-refractivity contribution in [1.82, 2.24) is 15.1 Å². The Bertz CT molecular complexity index is 777. The number of amides is 2. The topological polar surface area (TPSA) is 61.9 Å². The third kappa shape index (κ3) is 3.40. The number of piperidine rings is 1. The van der Waals surface area contributed by atoms with Gasteiger partial charge in [-0.2, -0.15) is 0 Å². The van der Waals surface area contributed by atoms with Crippen molar-refractivity contribution in [3.63, 3.8) is 0 Å². The zero-order valence-corrected chi connectivity index (χ0v) is 18.5. The molecule has 0 saturated carbocycles. The van der Waals surface area contributed by atoms with Crippen LogP contribution < -0.4 is 5.32 Å². The van der Waals surface area contributed by atoms with E-state index in [0.29, 0.717) is 6.54 Å². The van der Waals surface area contributed by atoms with Crippen LogP contribution in [0.5, 0.6) is 0 Å². The second-order valence-corrected chi connectivity index (χ2v) is 9.58. The highest BCUT2D eigenvalue weighted by Crippen LogP contribution is 2.44. The highest BCUT2D eigenvalue weighted by Gasteiger charge is 2.49. The van der Waals surface area contributed by atoms with E-state index in [1.807, 2.05) is 21.1 Å². The van der Waals surface area contributed by atoms with E-state index >= 15 is 0 Å². The Balaban J connectivity index is 0.00000205. The van der Waals surface area contributed by atoms with Crippen LogP contribution in [-0.4, -0.2) is 66.5 Å². The number of thiophene rings is 1. The molecule has 4 aliphatic rings. The predicted octanol–water partition coefficient (Wildman–Crippen LogP) is 2.16. The summed E-state index contributed by atoms with van der Waals surface area (Å²) in [6.45, 7) is 5.59. The van der Waals surface area contributed by atoms with Gasteiger partial charge in [-0.15, -0.1) is 23.7 Å². The molecule has 1 spiro atoms. The Kier molecular flexibility index (Phi) is 5.95. The van der Waals surface area contributed by atoms with Gasteiger partial charge in [0.1, 0.15) is 0 Å². The van der Waals surface area contributed by atoms with Crippen molar-refractivity contribution in [3.8, 4) is 0 Å². The number of piperazine rings is 1. The molecule has 5 rings (SSSR count). The molecular weight excluding hydrogens is 410 g/mol. The summed E-state index contributed by atoms with van der Waals surface area (Å²) in [7, 11) is 0. The SMILES string of the molecule is CC[C@@H]1[C@H](C(=O)N2CCC3(CC2)OCCc2sccc23)C[C@@H]2CNCC(=O)N21.Cl. The minimum absolute atomic E-state index is 0. The zero-order chi connectivity index (χ0) is 19.3. The fraction of sp³-hybridized carbons (Fsp3) is 0.714. The average Bonchev–Trinajstić information content (AvgIpc) is 3.34. The van der Waals surface area contributed by atoms with Gasteiger partial charge in [0.05, 0.1) is 24.7 Å². The minimum Gasteiger partial charge on any atom is -0.370 e. The molecule has 2 amide bonds. The number of fused-ring (bicyclic) bond motifs is 3. The number of ether oxygens (including phenoxy) is 1. The van der Waals surface area contributed by atoms with Gasteiger partial charge in [0, 0.05) is 43.0 Å². The Morgan fingerprint density at radius 1 is 1.38 bits per heavy atom. The maximum Gasteiger partial charge on any atom is 0.237 e. The number of hydrogen-bond acceptors (Lipinski definition) is 5. The second kappa shape index (κ2) is 8.17. The van der Waals surface area contributed by atoms with Crippen LogP contribution in [0.4, 0.5) is 0 Å². The molecule has 4 aliphatic heterocycles. The van der Waals surface area contributed by atoms with E-state index in [2.05, 4.69) is 23.7 Å². The van der Waals surface area contributed by atoms with Crippen LogP contribution in [0, 0.1) is 5.92 Å². The van der Waals surface area contributed by atoms with E-state index < -0.39 is 0 Å². The standard InChI is InChI=1S/C21H29N3O3S.ClH/c1-2-17-15(11-14-12-22-13-19(25)24(14)17)20(26)23-7-5-21(6-8-23)16-4-10-28-18(16)3-9-27-21;/h4,10,14-15,17,22H,2-3,5-9,11-13H2,1H3;1H/t14-,15-,17-;/m1./s1. The van der Waals surface area contributed by atoms with Crippen LogP contribution >= 0.6 is 23.7 Å². The van der Waals surface area contributed by atoms with E-state index in [0.717, 1.165) is 58.3 Å². The van der Waals surface area contributed by atoms with Gasteiger partial charge in [-0.1, -0.05) is 6.92 Å². The number of halogens is 1. The van der Waals surface area contributed by atoms with E-state index in [1.54, 1.807) is 0 Å². The van der Waals surface area contributed by atoms with Gasteiger partial charge in [0.15, 0.2) is 0 Å². The molecule has 3 fully saturated rings. The van der Waals surface area contributed by atoms with E-state index in [1.165, 1.54) is 10.4 Å². The Hall–Kier alpha value is -1.15. The number of carbonyl (C=O) groups excluding carboxylic acids is 2. The van der Waals surface area contributed by atoms with Crippen molar-refractivity contribution in [1.29, 1.82) is 0 Å². The molecule has 29 heavy (non-hydrogen) atoms. The monoisotopic (exact) mass is 439 g/mol. The number of hydrogen-bond donors (Lipinski definition) is 1. The average molecular weight is 440 g/mol. The molecule has 8 heteroatoms. The Morgan fingerprint density at radius 3 is 2.93 bits per heavy atom. The summed E-state index contributed by atoms with van der Waals surface area (Å²) >= 11 is 1.83. The van der Waals surface area contributed by atoms with Crippen molar-refractivity contribution in [2.45, 2.75) is 56.7 Å². The van der Waals surface area contributed by atoms with Crippen molar-refractivity contribution < 1.29 is 14.3 Å². The molecule has 1 N–H and O–H groups in total. The molecule has 0 unspecified atom stereocenters. The molecule has 5 heterocycles. The van der Waals surface area contributed by atoms with Gasteiger partial charge >= 0.3 is 0 Å². The second-order valence-electron chi connectivity index (χ2n) is 8.58. The number of rotatable bonds is 2. The molecule has 3 saturated heterocycles. The molecule has 160 valence electrons. The third-order valence-corrected chi connectivity index (χ3v) is 8.23. The summed E-state index contributed by atoms with van der Waals surface area (Å²) in [5.41, 5.74) is 1.17. The van der Waals surface area contributed by atoms with Crippen LogP contribution in [0.2, 0.25) is 0 Å². The predicted molar refractivity (Wildman–Crippen MR) is 114 cm³/mol. The summed E-state index contributed by atoms with van der Waals surface area (Å²) in [5, 5.41) is 5.37. The van der Waals surface area contributed by atoms with Gasteiger partial charge < -0.3 is 19.9 Å². The summed E-state index contributed by atoms with van der Waals surface area (Å²) in [6, 6.07) is 2.45. The van der Waals surface area contributed by atoms with Gasteiger partial charge in [0.2, 0.25) is 11.8 Å². The van der Waals surface area contributed by atoms with Crippen LogP contribution in [0.1, 0.15) is 43.0 Å². The zero-order valence-electron chi connectivity index (χ0n) is 16.9. The first-order valence-electron chi connectivity index (χ1n) is 10.6. The molecule has 6 nitrogen and oxygen atoms in total. The highest BCUT2D eigenvalue weighted by molar-refractivity contribution is 7.10. The summed E-state index contributed by atoms with van der Waals surface area (Å²) in [6.07, 6.45) is 4.40. The number of carbonyl (C=O) groups is 2. The molecule has 1 aromatic heterocycles. The van der Waals surface area contributed by atoms with Gasteiger partial charge in [-0.05, 0) is 42.7 Å². The first-order valence-corrected chi connectivity index (χ1v) is 11.5. The van der Waals surface area contributed by atoms with E-state index in [-0.39, 0.29) is 47.8 Å².